The Labute approximate surface area is 115 Å². The average molecular weight is 279 g/mol. The first-order chi connectivity index (χ1) is 9.11. The van der Waals surface area contributed by atoms with Crippen LogP contribution >= 0.6 is 11.3 Å². The van der Waals surface area contributed by atoms with Gasteiger partial charge < -0.3 is 15.2 Å². The van der Waals surface area contributed by atoms with Gasteiger partial charge in [-0.1, -0.05) is 0 Å². The van der Waals surface area contributed by atoms with Crippen LogP contribution < -0.4 is 10.5 Å². The van der Waals surface area contributed by atoms with Gasteiger partial charge in [0.15, 0.2) is 0 Å². The van der Waals surface area contributed by atoms with Crippen LogP contribution in [0, 0.1) is 0 Å². The zero-order chi connectivity index (χ0) is 13.4. The number of nitrogens with zero attached hydrogens (tertiary/aromatic N) is 2. The molecule has 2 aromatic rings. The molecule has 0 aliphatic carbocycles. The summed E-state index contributed by atoms with van der Waals surface area (Å²) in [6.45, 7) is 4.14. The van der Waals surface area contributed by atoms with E-state index in [4.69, 9.17) is 15.2 Å². The number of hydrogen-bond donors (Lipinski definition) is 1. The highest BCUT2D eigenvalue weighted by Gasteiger charge is 2.26. The first-order valence-corrected chi connectivity index (χ1v) is 7.32. The van der Waals surface area contributed by atoms with Crippen LogP contribution in [0.1, 0.15) is 26.7 Å². The Balaban J connectivity index is 1.86. The van der Waals surface area contributed by atoms with Crippen LogP contribution in [0.4, 0.5) is 5.95 Å². The average Bonchev–Trinajstić information content (AvgIpc) is 2.75. The van der Waals surface area contributed by atoms with Gasteiger partial charge in [-0.05, 0) is 25.3 Å². The zero-order valence-corrected chi connectivity index (χ0v) is 11.8. The van der Waals surface area contributed by atoms with Crippen LogP contribution in [0.25, 0.3) is 10.2 Å². The van der Waals surface area contributed by atoms with Crippen molar-refractivity contribution in [2.45, 2.75) is 45.0 Å². The minimum absolute atomic E-state index is 0.121. The summed E-state index contributed by atoms with van der Waals surface area (Å²) in [6, 6.07) is 1.97. The molecule has 3 heterocycles. The molecule has 102 valence electrons. The molecule has 0 aromatic carbocycles. The van der Waals surface area contributed by atoms with Gasteiger partial charge in [0.05, 0.1) is 17.6 Å². The van der Waals surface area contributed by atoms with Crippen LogP contribution in [-0.2, 0) is 4.74 Å². The van der Waals surface area contributed by atoms with E-state index in [1.165, 1.54) is 0 Å². The van der Waals surface area contributed by atoms with Gasteiger partial charge in [-0.3, -0.25) is 0 Å². The van der Waals surface area contributed by atoms with E-state index in [2.05, 4.69) is 23.8 Å². The zero-order valence-electron chi connectivity index (χ0n) is 11.0. The molecule has 0 radical (unpaired) electrons. The Morgan fingerprint density at radius 1 is 1.32 bits per heavy atom. The summed E-state index contributed by atoms with van der Waals surface area (Å²) in [5.41, 5.74) is 5.72. The number of nitrogen functional groups attached to an aromatic ring is 1. The molecule has 0 spiro atoms. The molecule has 1 aliphatic heterocycles. The largest absolute Gasteiger partial charge is 0.474 e. The minimum Gasteiger partial charge on any atom is -0.474 e. The molecule has 0 saturated carbocycles. The second-order valence-electron chi connectivity index (χ2n) is 4.99. The van der Waals surface area contributed by atoms with Crippen molar-refractivity contribution < 1.29 is 9.47 Å². The molecule has 2 N–H and O–H groups in total. The number of hydrogen-bond acceptors (Lipinski definition) is 6. The molecule has 3 rings (SSSR count). The summed E-state index contributed by atoms with van der Waals surface area (Å²) in [7, 11) is 0. The summed E-state index contributed by atoms with van der Waals surface area (Å²) >= 11 is 1.54. The number of anilines is 1. The van der Waals surface area contributed by atoms with E-state index in [9.17, 15) is 0 Å². The van der Waals surface area contributed by atoms with Crippen LogP contribution in [0.3, 0.4) is 0 Å². The topological polar surface area (TPSA) is 70.3 Å². The molecule has 5 nitrogen and oxygen atoms in total. The van der Waals surface area contributed by atoms with Crippen molar-refractivity contribution in [3.05, 3.63) is 11.4 Å². The van der Waals surface area contributed by atoms with E-state index < -0.39 is 0 Å². The number of rotatable bonds is 2. The molecular formula is C13H17N3O2S. The van der Waals surface area contributed by atoms with E-state index in [0.29, 0.717) is 5.88 Å². The Morgan fingerprint density at radius 2 is 2.05 bits per heavy atom. The highest BCUT2D eigenvalue weighted by atomic mass is 32.1. The van der Waals surface area contributed by atoms with Gasteiger partial charge in [-0.2, -0.15) is 4.98 Å². The standard InChI is InChI=1S/C13H17N3O2S/c1-7-5-9(6-8(2)17-7)18-11-10-3-4-19-12(10)16-13(14)15-11/h3-4,7-9H,5-6H2,1-2H3,(H2,14,15,16). The van der Waals surface area contributed by atoms with Gasteiger partial charge in [0.1, 0.15) is 10.9 Å². The smallest absolute Gasteiger partial charge is 0.227 e. The SMILES string of the molecule is CC1CC(Oc2nc(N)nc3sccc23)CC(C)O1. The fourth-order valence-corrected chi connectivity index (χ4v) is 3.29. The molecule has 2 unspecified atom stereocenters. The van der Waals surface area contributed by atoms with Crippen LogP contribution in [-0.4, -0.2) is 28.3 Å². The molecule has 19 heavy (non-hydrogen) atoms. The van der Waals surface area contributed by atoms with Crippen molar-refractivity contribution in [1.82, 2.24) is 9.97 Å². The molecule has 6 heteroatoms. The minimum atomic E-state index is 0.121. The first kappa shape index (κ1) is 12.6. The maximum Gasteiger partial charge on any atom is 0.227 e. The predicted molar refractivity (Wildman–Crippen MR) is 75.5 cm³/mol. The van der Waals surface area contributed by atoms with Crippen molar-refractivity contribution in [3.8, 4) is 5.88 Å². The molecule has 0 amide bonds. The molecule has 1 fully saturated rings. The van der Waals surface area contributed by atoms with Gasteiger partial charge in [-0.15, -0.1) is 11.3 Å². The molecule has 0 bridgehead atoms. The van der Waals surface area contributed by atoms with Crippen LogP contribution in [0.2, 0.25) is 0 Å². The van der Waals surface area contributed by atoms with E-state index in [-0.39, 0.29) is 24.3 Å². The fraction of sp³-hybridized carbons (Fsp3) is 0.538. The number of thiophene rings is 1. The summed E-state index contributed by atoms with van der Waals surface area (Å²) in [6.07, 6.45) is 2.30. The van der Waals surface area contributed by atoms with Crippen LogP contribution in [0.15, 0.2) is 11.4 Å². The lowest BCUT2D eigenvalue weighted by Gasteiger charge is -2.32. The molecular weight excluding hydrogens is 262 g/mol. The van der Waals surface area contributed by atoms with Crippen LogP contribution in [0.5, 0.6) is 5.88 Å². The first-order valence-electron chi connectivity index (χ1n) is 6.44. The fourth-order valence-electron chi connectivity index (χ4n) is 2.53. The van der Waals surface area contributed by atoms with Gasteiger partial charge in [0, 0.05) is 12.8 Å². The lowest BCUT2D eigenvalue weighted by atomic mass is 10.0. The molecule has 1 saturated heterocycles. The highest BCUT2D eigenvalue weighted by molar-refractivity contribution is 7.16. The monoisotopic (exact) mass is 279 g/mol. The third-order valence-electron chi connectivity index (χ3n) is 3.24. The normalized spacial score (nSPS) is 27.6. The number of fused-ring (bicyclic) bond motifs is 1. The highest BCUT2D eigenvalue weighted by Crippen LogP contribution is 2.30. The van der Waals surface area contributed by atoms with E-state index in [0.717, 1.165) is 23.1 Å². The molecule has 2 aromatic heterocycles. The lowest BCUT2D eigenvalue weighted by Crippen LogP contribution is -2.35. The summed E-state index contributed by atoms with van der Waals surface area (Å²) in [5, 5.41) is 2.91. The molecule has 1 aliphatic rings. The van der Waals surface area contributed by atoms with Gasteiger partial charge >= 0.3 is 0 Å². The summed E-state index contributed by atoms with van der Waals surface area (Å²) in [5.74, 6) is 0.855. The maximum absolute atomic E-state index is 6.04. The summed E-state index contributed by atoms with van der Waals surface area (Å²) < 4.78 is 11.8. The summed E-state index contributed by atoms with van der Waals surface area (Å²) in [4.78, 5) is 9.30. The van der Waals surface area contributed by atoms with Crippen molar-refractivity contribution in [3.63, 3.8) is 0 Å². The van der Waals surface area contributed by atoms with Gasteiger partial charge in [0.25, 0.3) is 0 Å². The van der Waals surface area contributed by atoms with Crippen molar-refractivity contribution >= 4 is 27.5 Å². The third-order valence-corrected chi connectivity index (χ3v) is 4.05. The van der Waals surface area contributed by atoms with Crippen molar-refractivity contribution in [1.29, 1.82) is 0 Å². The van der Waals surface area contributed by atoms with Crippen molar-refractivity contribution in [2.24, 2.45) is 0 Å². The molecule has 2 atom stereocenters. The Hall–Kier alpha value is -1.40. The Kier molecular flexibility index (Phi) is 3.28. The third kappa shape index (κ3) is 2.64. The van der Waals surface area contributed by atoms with E-state index >= 15 is 0 Å². The second kappa shape index (κ2) is 4.94. The lowest BCUT2D eigenvalue weighted by molar-refractivity contribution is -0.0726. The van der Waals surface area contributed by atoms with E-state index in [1.54, 1.807) is 11.3 Å². The quantitative estimate of drug-likeness (QED) is 0.915. The Bertz CT molecular complexity index is 576. The number of ether oxygens (including phenoxy) is 2. The number of aromatic nitrogens is 2. The Morgan fingerprint density at radius 3 is 2.79 bits per heavy atom. The van der Waals surface area contributed by atoms with Gasteiger partial charge in [-0.25, -0.2) is 4.98 Å². The maximum atomic E-state index is 6.04. The second-order valence-corrected chi connectivity index (χ2v) is 5.89. The van der Waals surface area contributed by atoms with E-state index in [1.807, 2.05) is 11.4 Å². The predicted octanol–water partition coefficient (Wildman–Crippen LogP) is 2.61. The van der Waals surface area contributed by atoms with Crippen molar-refractivity contribution in [2.75, 3.05) is 5.73 Å². The number of nitrogens with two attached hydrogens (primary N) is 1. The van der Waals surface area contributed by atoms with Gasteiger partial charge in [0.2, 0.25) is 11.8 Å².